The van der Waals surface area contributed by atoms with E-state index < -0.39 is 35.9 Å². The lowest BCUT2D eigenvalue weighted by Gasteiger charge is -2.09. The third-order valence-electron chi connectivity index (χ3n) is 3.77. The number of alkyl halides is 3. The van der Waals surface area contributed by atoms with Gasteiger partial charge in [0, 0.05) is 6.20 Å². The van der Waals surface area contributed by atoms with Gasteiger partial charge in [-0.25, -0.2) is 4.39 Å². The van der Waals surface area contributed by atoms with E-state index in [9.17, 15) is 27.2 Å². The van der Waals surface area contributed by atoms with Crippen LogP contribution in [0.3, 0.4) is 0 Å². The highest BCUT2D eigenvalue weighted by Crippen LogP contribution is 2.29. The summed E-state index contributed by atoms with van der Waals surface area (Å²) in [6.45, 7) is -0.658. The molecule has 0 aliphatic carbocycles. The summed E-state index contributed by atoms with van der Waals surface area (Å²) in [7, 11) is 0. The highest BCUT2D eigenvalue weighted by Gasteiger charge is 2.31. The summed E-state index contributed by atoms with van der Waals surface area (Å²) in [5, 5.41) is 12.1. The van der Waals surface area contributed by atoms with Gasteiger partial charge in [0.2, 0.25) is 5.91 Å². The van der Waals surface area contributed by atoms with Crippen LogP contribution in [0.4, 0.5) is 17.6 Å². The van der Waals surface area contributed by atoms with Crippen molar-refractivity contribution in [3.63, 3.8) is 0 Å². The Bertz CT molecular complexity index is 1030. The van der Waals surface area contributed by atoms with Crippen molar-refractivity contribution in [1.29, 1.82) is 0 Å². The van der Waals surface area contributed by atoms with Gasteiger partial charge in [-0.1, -0.05) is 12.1 Å². The summed E-state index contributed by atoms with van der Waals surface area (Å²) in [5.41, 5.74) is -0.909. The molecule has 1 aromatic carbocycles. The van der Waals surface area contributed by atoms with Crippen molar-refractivity contribution in [2.75, 3.05) is 6.54 Å². The van der Waals surface area contributed by atoms with Crippen molar-refractivity contribution in [3.05, 3.63) is 65.4 Å². The largest absolute Gasteiger partial charge is 0.417 e. The number of carbonyl (C=O) groups excluding carboxylic acids is 2. The van der Waals surface area contributed by atoms with Crippen LogP contribution in [-0.2, 0) is 17.5 Å². The lowest BCUT2D eigenvalue weighted by molar-refractivity contribution is -0.137. The summed E-state index contributed by atoms with van der Waals surface area (Å²) in [6, 6.07) is 7.32. The molecule has 0 spiro atoms. The number of carbonyl (C=O) groups is 2. The first kappa shape index (κ1) is 19.3. The van der Waals surface area contributed by atoms with Gasteiger partial charge >= 0.3 is 6.18 Å². The maximum Gasteiger partial charge on any atom is 0.417 e. The topological polar surface area (TPSA) is 88.4 Å². The molecule has 0 unspecified atom stereocenters. The fourth-order valence-corrected chi connectivity index (χ4v) is 2.37. The quantitative estimate of drug-likeness (QED) is 0.647. The highest BCUT2D eigenvalue weighted by atomic mass is 19.4. The van der Waals surface area contributed by atoms with Gasteiger partial charge in [0.1, 0.15) is 5.82 Å². The minimum Gasteiger partial charge on any atom is -0.347 e. The summed E-state index contributed by atoms with van der Waals surface area (Å²) < 4.78 is 53.1. The molecule has 2 amide bonds. The minimum atomic E-state index is -4.53. The van der Waals surface area contributed by atoms with Gasteiger partial charge in [0.15, 0.2) is 11.5 Å². The van der Waals surface area contributed by atoms with E-state index in [1.54, 1.807) is 0 Å². The highest BCUT2D eigenvalue weighted by molar-refractivity contribution is 5.96. The molecule has 0 bridgehead atoms. The maximum atomic E-state index is 13.5. The number of nitrogens with zero attached hydrogens (tertiary/aromatic N) is 3. The second-order valence-corrected chi connectivity index (χ2v) is 5.70. The number of rotatable bonds is 5. The predicted molar refractivity (Wildman–Crippen MR) is 88.6 cm³/mol. The van der Waals surface area contributed by atoms with E-state index in [0.29, 0.717) is 0 Å². The Labute approximate surface area is 155 Å². The normalized spacial score (nSPS) is 11.4. The van der Waals surface area contributed by atoms with Gasteiger partial charge in [0.25, 0.3) is 5.91 Å². The van der Waals surface area contributed by atoms with E-state index in [1.165, 1.54) is 18.2 Å². The maximum absolute atomic E-state index is 13.5. The zero-order valence-electron chi connectivity index (χ0n) is 14.1. The fraction of sp³-hybridized carbons (Fsp3) is 0.176. The molecule has 11 heteroatoms. The number of fused-ring (bicyclic) bond motifs is 1. The molecule has 0 saturated carbocycles. The first-order chi connectivity index (χ1) is 13.3. The van der Waals surface area contributed by atoms with Crippen LogP contribution in [-0.4, -0.2) is 33.0 Å². The van der Waals surface area contributed by atoms with E-state index in [4.69, 9.17) is 0 Å². The third-order valence-corrected chi connectivity index (χ3v) is 3.77. The Morgan fingerprint density at radius 3 is 2.50 bits per heavy atom. The zero-order chi connectivity index (χ0) is 20.3. The molecule has 7 nitrogen and oxygen atoms in total. The minimum absolute atomic E-state index is 0.0786. The monoisotopic (exact) mass is 395 g/mol. The van der Waals surface area contributed by atoms with Gasteiger partial charge in [0.05, 0.1) is 24.2 Å². The third kappa shape index (κ3) is 4.24. The van der Waals surface area contributed by atoms with Crippen molar-refractivity contribution in [2.45, 2.75) is 12.7 Å². The van der Waals surface area contributed by atoms with Gasteiger partial charge in [-0.3, -0.25) is 14.0 Å². The van der Waals surface area contributed by atoms with Crippen molar-refractivity contribution in [2.24, 2.45) is 0 Å². The Morgan fingerprint density at radius 1 is 1.04 bits per heavy atom. The number of benzene rings is 1. The fourth-order valence-electron chi connectivity index (χ4n) is 2.37. The Kier molecular flexibility index (Phi) is 5.25. The zero-order valence-corrected chi connectivity index (χ0v) is 14.1. The molecule has 0 aliphatic heterocycles. The molecule has 0 saturated heterocycles. The predicted octanol–water partition coefficient (Wildman–Crippen LogP) is 1.93. The molecule has 2 heterocycles. The number of pyridine rings is 1. The van der Waals surface area contributed by atoms with Gasteiger partial charge in [-0.05, 0) is 24.3 Å². The molecule has 3 rings (SSSR count). The summed E-state index contributed by atoms with van der Waals surface area (Å²) in [5.74, 6) is -2.05. The van der Waals surface area contributed by atoms with E-state index in [-0.39, 0.29) is 23.6 Å². The van der Waals surface area contributed by atoms with Gasteiger partial charge < -0.3 is 10.6 Å². The number of aromatic nitrogens is 3. The molecule has 0 aliphatic rings. The molecular weight excluding hydrogens is 382 g/mol. The average molecular weight is 395 g/mol. The van der Waals surface area contributed by atoms with E-state index >= 15 is 0 Å². The van der Waals surface area contributed by atoms with Gasteiger partial charge in [-0.15, -0.1) is 10.2 Å². The van der Waals surface area contributed by atoms with Crippen LogP contribution in [0, 0.1) is 5.82 Å². The van der Waals surface area contributed by atoms with E-state index in [0.717, 1.165) is 28.8 Å². The number of hydrogen-bond acceptors (Lipinski definition) is 4. The molecule has 0 radical (unpaired) electrons. The lowest BCUT2D eigenvalue weighted by atomic mass is 10.2. The molecule has 0 fully saturated rings. The second kappa shape index (κ2) is 7.62. The summed E-state index contributed by atoms with van der Waals surface area (Å²) in [4.78, 5) is 23.7. The van der Waals surface area contributed by atoms with Crippen LogP contribution >= 0.6 is 0 Å². The molecule has 0 atom stereocenters. The summed E-state index contributed by atoms with van der Waals surface area (Å²) in [6.07, 6.45) is -3.70. The first-order valence-corrected chi connectivity index (χ1v) is 7.96. The molecule has 2 N–H and O–H groups in total. The first-order valence-electron chi connectivity index (χ1n) is 7.96. The van der Waals surface area contributed by atoms with Crippen LogP contribution in [0.25, 0.3) is 5.65 Å². The van der Waals surface area contributed by atoms with Crippen LogP contribution < -0.4 is 10.6 Å². The van der Waals surface area contributed by atoms with Crippen LogP contribution in [0.15, 0.2) is 42.6 Å². The van der Waals surface area contributed by atoms with Gasteiger partial charge in [-0.2, -0.15) is 13.2 Å². The Hall–Kier alpha value is -3.50. The molecule has 28 heavy (non-hydrogen) atoms. The van der Waals surface area contributed by atoms with Crippen molar-refractivity contribution in [3.8, 4) is 0 Å². The second-order valence-electron chi connectivity index (χ2n) is 5.70. The van der Waals surface area contributed by atoms with Crippen molar-refractivity contribution in [1.82, 2.24) is 25.2 Å². The lowest BCUT2D eigenvalue weighted by Crippen LogP contribution is -2.37. The van der Waals surface area contributed by atoms with Crippen molar-refractivity contribution >= 4 is 17.5 Å². The van der Waals surface area contributed by atoms with E-state index in [2.05, 4.69) is 20.8 Å². The molecule has 3 aromatic rings. The average Bonchev–Trinajstić information content (AvgIpc) is 3.06. The smallest absolute Gasteiger partial charge is 0.347 e. The Morgan fingerprint density at radius 2 is 1.79 bits per heavy atom. The number of hydrogen-bond donors (Lipinski definition) is 2. The van der Waals surface area contributed by atoms with Crippen LogP contribution in [0.5, 0.6) is 0 Å². The standard InChI is InChI=1S/C17H13F4N5O2/c18-12-4-2-1-3-11(12)16(28)23-8-15(27)22-7-14-25-24-13-6-5-10(9-26(13)14)17(19,20)21/h1-6,9H,7-8H2,(H,22,27)(H,23,28). The van der Waals surface area contributed by atoms with Crippen molar-refractivity contribution < 1.29 is 27.2 Å². The molecular formula is C17H13F4N5O2. The molecule has 146 valence electrons. The number of nitrogens with one attached hydrogen (secondary N) is 2. The van der Waals surface area contributed by atoms with E-state index in [1.807, 2.05) is 0 Å². The number of amides is 2. The Balaban J connectivity index is 1.60. The number of halogens is 4. The SMILES string of the molecule is O=C(CNC(=O)c1ccccc1F)NCc1nnc2ccc(C(F)(F)F)cn12. The molecule has 2 aromatic heterocycles. The summed E-state index contributed by atoms with van der Waals surface area (Å²) >= 11 is 0. The van der Waals surface area contributed by atoms with Crippen LogP contribution in [0.1, 0.15) is 21.7 Å². The van der Waals surface area contributed by atoms with Crippen LogP contribution in [0.2, 0.25) is 0 Å².